The van der Waals surface area contributed by atoms with Crippen molar-refractivity contribution in [2.45, 2.75) is 0 Å². The van der Waals surface area contributed by atoms with Gasteiger partial charge in [0.25, 0.3) is 6.47 Å². The Balaban J connectivity index is 2.68. The summed E-state index contributed by atoms with van der Waals surface area (Å²) in [4.78, 5) is 14.1. The molecule has 0 saturated heterocycles. The molecule has 0 N–H and O–H groups in total. The zero-order valence-corrected chi connectivity index (χ0v) is 6.81. The number of hydrogen-bond donors (Lipinski definition) is 0. The molecule has 0 atom stereocenters. The van der Waals surface area contributed by atoms with Crippen LogP contribution in [0.2, 0.25) is 0 Å². The lowest BCUT2D eigenvalue weighted by Crippen LogP contribution is -1.90. The van der Waals surface area contributed by atoms with Gasteiger partial charge in [0.2, 0.25) is 0 Å². The second-order valence-corrected chi connectivity index (χ2v) is 2.57. The first-order chi connectivity index (χ1) is 6.42. The van der Waals surface area contributed by atoms with Gasteiger partial charge in [-0.3, -0.25) is 9.78 Å². The molecule has 0 fully saturated rings. The molecule has 2 rings (SSSR count). The first kappa shape index (κ1) is 7.73. The second-order valence-electron chi connectivity index (χ2n) is 2.57. The Morgan fingerprint density at radius 2 is 2.08 bits per heavy atom. The van der Waals surface area contributed by atoms with E-state index < -0.39 is 0 Å². The quantitative estimate of drug-likeness (QED) is 0.649. The van der Waals surface area contributed by atoms with Crippen molar-refractivity contribution < 1.29 is 9.53 Å². The van der Waals surface area contributed by atoms with Gasteiger partial charge in [0.1, 0.15) is 0 Å². The van der Waals surface area contributed by atoms with Crippen LogP contribution in [0.3, 0.4) is 0 Å². The predicted octanol–water partition coefficient (Wildman–Crippen LogP) is 1.77. The van der Waals surface area contributed by atoms with Crippen molar-refractivity contribution in [2.75, 3.05) is 0 Å². The molecule has 2 aromatic rings. The van der Waals surface area contributed by atoms with E-state index in [1.54, 1.807) is 6.20 Å². The first-order valence-corrected chi connectivity index (χ1v) is 3.85. The fraction of sp³-hybridized carbons (Fsp3) is 0. The Labute approximate surface area is 75.0 Å². The van der Waals surface area contributed by atoms with Crippen molar-refractivity contribution in [3.05, 3.63) is 36.7 Å². The van der Waals surface area contributed by atoms with Gasteiger partial charge in [-0.05, 0) is 0 Å². The van der Waals surface area contributed by atoms with Crippen LogP contribution in [0, 0.1) is 0 Å². The lowest BCUT2D eigenvalue weighted by molar-refractivity contribution is -0.120. The van der Waals surface area contributed by atoms with Crippen LogP contribution in [0.15, 0.2) is 36.7 Å². The molecule has 0 saturated carbocycles. The largest absolute Gasteiger partial charge is 0.426 e. The van der Waals surface area contributed by atoms with Crippen molar-refractivity contribution in [3.8, 4) is 5.75 Å². The standard InChI is InChI=1S/C10H7NO2/c12-7-13-10-6-11-5-8-3-1-2-4-9(8)10/h1-7H. The van der Waals surface area contributed by atoms with E-state index in [0.717, 1.165) is 10.8 Å². The number of rotatable bonds is 2. The molecule has 3 heteroatoms. The predicted molar refractivity (Wildman–Crippen MR) is 48.4 cm³/mol. The summed E-state index contributed by atoms with van der Waals surface area (Å²) >= 11 is 0. The van der Waals surface area contributed by atoms with Crippen LogP contribution in [0.25, 0.3) is 10.8 Å². The van der Waals surface area contributed by atoms with Gasteiger partial charge in [0.15, 0.2) is 5.75 Å². The number of benzene rings is 1. The molecule has 13 heavy (non-hydrogen) atoms. The maximum absolute atomic E-state index is 10.2. The van der Waals surface area contributed by atoms with Crippen LogP contribution in [-0.4, -0.2) is 11.5 Å². The number of carbonyl (C=O) groups is 1. The van der Waals surface area contributed by atoms with E-state index in [4.69, 9.17) is 4.74 Å². The topological polar surface area (TPSA) is 39.2 Å². The Morgan fingerprint density at radius 1 is 1.23 bits per heavy atom. The van der Waals surface area contributed by atoms with Crippen LogP contribution in [0.4, 0.5) is 0 Å². The molecule has 64 valence electrons. The Bertz CT molecular complexity index is 434. The third-order valence-electron chi connectivity index (χ3n) is 1.81. The van der Waals surface area contributed by atoms with Gasteiger partial charge in [-0.1, -0.05) is 24.3 Å². The minimum atomic E-state index is 0.406. The lowest BCUT2D eigenvalue weighted by atomic mass is 10.2. The summed E-state index contributed by atoms with van der Waals surface area (Å²) < 4.78 is 4.78. The highest BCUT2D eigenvalue weighted by atomic mass is 16.5. The maximum atomic E-state index is 10.2. The van der Waals surface area contributed by atoms with Gasteiger partial charge in [-0.25, -0.2) is 0 Å². The van der Waals surface area contributed by atoms with Crippen molar-refractivity contribution >= 4 is 17.2 Å². The summed E-state index contributed by atoms with van der Waals surface area (Å²) in [7, 11) is 0. The van der Waals surface area contributed by atoms with Crippen LogP contribution in [-0.2, 0) is 4.79 Å². The van der Waals surface area contributed by atoms with E-state index in [-0.39, 0.29) is 0 Å². The molecule has 0 spiro atoms. The zero-order valence-electron chi connectivity index (χ0n) is 6.81. The van der Waals surface area contributed by atoms with E-state index in [0.29, 0.717) is 12.2 Å². The van der Waals surface area contributed by atoms with Crippen LogP contribution < -0.4 is 4.74 Å². The number of aromatic nitrogens is 1. The molecule has 1 aromatic carbocycles. The summed E-state index contributed by atoms with van der Waals surface area (Å²) in [6.45, 7) is 0.406. The van der Waals surface area contributed by atoms with Crippen LogP contribution in [0.5, 0.6) is 5.75 Å². The van der Waals surface area contributed by atoms with Crippen LogP contribution >= 0.6 is 0 Å². The molecule has 3 nitrogen and oxygen atoms in total. The summed E-state index contributed by atoms with van der Waals surface area (Å²) in [5.41, 5.74) is 0. The van der Waals surface area contributed by atoms with Gasteiger partial charge in [-0.2, -0.15) is 0 Å². The molecule has 0 amide bonds. The van der Waals surface area contributed by atoms with Gasteiger partial charge >= 0.3 is 0 Å². The SMILES string of the molecule is O=COc1cncc2ccccc12. The fourth-order valence-corrected chi connectivity index (χ4v) is 1.23. The highest BCUT2D eigenvalue weighted by Gasteiger charge is 2.00. The van der Waals surface area contributed by atoms with Gasteiger partial charge in [0, 0.05) is 17.0 Å². The minimum absolute atomic E-state index is 0.406. The number of ether oxygens (including phenoxy) is 1. The minimum Gasteiger partial charge on any atom is -0.426 e. The normalized spacial score (nSPS) is 9.85. The number of fused-ring (bicyclic) bond motifs is 1. The first-order valence-electron chi connectivity index (χ1n) is 3.85. The van der Waals surface area contributed by atoms with Crippen molar-refractivity contribution in [2.24, 2.45) is 0 Å². The number of carbonyl (C=O) groups excluding carboxylic acids is 1. The summed E-state index contributed by atoms with van der Waals surface area (Å²) in [5, 5.41) is 1.85. The van der Waals surface area contributed by atoms with Crippen LogP contribution in [0.1, 0.15) is 0 Å². The van der Waals surface area contributed by atoms with Crippen molar-refractivity contribution in [3.63, 3.8) is 0 Å². The molecular formula is C10H7NO2. The molecule has 0 radical (unpaired) electrons. The van der Waals surface area contributed by atoms with E-state index in [1.807, 2.05) is 24.3 Å². The molecule has 1 heterocycles. The van der Waals surface area contributed by atoms with Gasteiger partial charge in [0.05, 0.1) is 6.20 Å². The number of nitrogens with zero attached hydrogens (tertiary/aromatic N) is 1. The highest BCUT2D eigenvalue weighted by molar-refractivity contribution is 5.87. The zero-order chi connectivity index (χ0) is 9.10. The smallest absolute Gasteiger partial charge is 0.298 e. The van der Waals surface area contributed by atoms with E-state index in [2.05, 4.69) is 4.98 Å². The highest BCUT2D eigenvalue weighted by Crippen LogP contribution is 2.22. The average molecular weight is 173 g/mol. The fourth-order valence-electron chi connectivity index (χ4n) is 1.23. The van der Waals surface area contributed by atoms with Crippen molar-refractivity contribution in [1.29, 1.82) is 0 Å². The number of pyridine rings is 1. The third kappa shape index (κ3) is 1.36. The van der Waals surface area contributed by atoms with Gasteiger partial charge in [-0.15, -0.1) is 0 Å². The Kier molecular flexibility index (Phi) is 1.92. The molecular weight excluding hydrogens is 166 g/mol. The molecule has 0 bridgehead atoms. The number of hydrogen-bond acceptors (Lipinski definition) is 3. The average Bonchev–Trinajstić information content (AvgIpc) is 2.19. The second kappa shape index (κ2) is 3.23. The molecule has 0 aliphatic carbocycles. The Hall–Kier alpha value is -1.90. The maximum Gasteiger partial charge on any atom is 0.298 e. The van der Waals surface area contributed by atoms with E-state index in [1.165, 1.54) is 6.20 Å². The van der Waals surface area contributed by atoms with Gasteiger partial charge < -0.3 is 4.74 Å². The summed E-state index contributed by atoms with van der Waals surface area (Å²) in [6, 6.07) is 7.60. The molecule has 0 unspecified atom stereocenters. The lowest BCUT2D eigenvalue weighted by Gasteiger charge is -2.01. The molecule has 0 aliphatic heterocycles. The van der Waals surface area contributed by atoms with E-state index in [9.17, 15) is 4.79 Å². The third-order valence-corrected chi connectivity index (χ3v) is 1.81. The summed E-state index contributed by atoms with van der Waals surface area (Å²) in [5.74, 6) is 0.494. The Morgan fingerprint density at radius 3 is 2.92 bits per heavy atom. The molecule has 1 aromatic heterocycles. The monoisotopic (exact) mass is 173 g/mol. The summed E-state index contributed by atoms with van der Waals surface area (Å²) in [6.07, 6.45) is 3.25. The van der Waals surface area contributed by atoms with E-state index >= 15 is 0 Å². The van der Waals surface area contributed by atoms with Crippen molar-refractivity contribution in [1.82, 2.24) is 4.98 Å². The molecule has 0 aliphatic rings.